The molecule has 2 N–H and O–H groups in total. The summed E-state index contributed by atoms with van der Waals surface area (Å²) in [4.78, 5) is 4.03. The zero-order valence-corrected chi connectivity index (χ0v) is 7.74. The number of rotatable bonds is 4. The SMILES string of the molecule is NCc1ncn(CCn2cccn2)n1. The summed E-state index contributed by atoms with van der Waals surface area (Å²) in [6.45, 7) is 1.93. The first-order valence-corrected chi connectivity index (χ1v) is 4.44. The van der Waals surface area contributed by atoms with Crippen molar-refractivity contribution in [1.29, 1.82) is 0 Å². The molecule has 0 aliphatic heterocycles. The van der Waals surface area contributed by atoms with Gasteiger partial charge in [0.2, 0.25) is 0 Å². The van der Waals surface area contributed by atoms with Crippen molar-refractivity contribution in [1.82, 2.24) is 24.5 Å². The van der Waals surface area contributed by atoms with Crippen LogP contribution in [0.4, 0.5) is 0 Å². The standard InChI is InChI=1S/C8H12N6/c9-6-8-10-7-14(12-8)5-4-13-3-1-2-11-13/h1-3,7H,4-6,9H2. The molecule has 0 aliphatic rings. The van der Waals surface area contributed by atoms with Crippen molar-refractivity contribution in [3.05, 3.63) is 30.6 Å². The molecule has 0 spiro atoms. The van der Waals surface area contributed by atoms with E-state index in [0.29, 0.717) is 12.4 Å². The van der Waals surface area contributed by atoms with Gasteiger partial charge in [0.05, 0.1) is 19.6 Å². The van der Waals surface area contributed by atoms with Crippen molar-refractivity contribution < 1.29 is 0 Å². The molecule has 2 aromatic rings. The summed E-state index contributed by atoms with van der Waals surface area (Å²) in [6, 6.07) is 1.90. The monoisotopic (exact) mass is 192 g/mol. The van der Waals surface area contributed by atoms with Crippen LogP contribution >= 0.6 is 0 Å². The van der Waals surface area contributed by atoms with Gasteiger partial charge in [0.1, 0.15) is 6.33 Å². The van der Waals surface area contributed by atoms with E-state index < -0.39 is 0 Å². The third kappa shape index (κ3) is 1.97. The third-order valence-electron chi connectivity index (χ3n) is 1.88. The Bertz CT molecular complexity index is 376. The lowest BCUT2D eigenvalue weighted by Gasteiger charge is -2.00. The Kier molecular flexibility index (Phi) is 2.55. The highest BCUT2D eigenvalue weighted by Crippen LogP contribution is 1.91. The smallest absolute Gasteiger partial charge is 0.164 e. The molecule has 0 radical (unpaired) electrons. The lowest BCUT2D eigenvalue weighted by molar-refractivity contribution is 0.496. The highest BCUT2D eigenvalue weighted by molar-refractivity contribution is 4.80. The summed E-state index contributed by atoms with van der Waals surface area (Å²) in [5.74, 6) is 0.672. The fraction of sp³-hybridized carbons (Fsp3) is 0.375. The van der Waals surface area contributed by atoms with Crippen LogP contribution in [-0.2, 0) is 19.6 Å². The lowest BCUT2D eigenvalue weighted by atomic mass is 10.6. The molecule has 74 valence electrons. The summed E-state index contributed by atoms with van der Waals surface area (Å²) in [5, 5.41) is 8.26. The van der Waals surface area contributed by atoms with Crippen LogP contribution in [0.5, 0.6) is 0 Å². The highest BCUT2D eigenvalue weighted by Gasteiger charge is 1.98. The molecular formula is C8H12N6. The van der Waals surface area contributed by atoms with E-state index in [1.165, 1.54) is 0 Å². The summed E-state index contributed by atoms with van der Waals surface area (Å²) in [7, 11) is 0. The maximum absolute atomic E-state index is 5.40. The molecule has 0 fully saturated rings. The maximum Gasteiger partial charge on any atom is 0.164 e. The van der Waals surface area contributed by atoms with E-state index in [2.05, 4.69) is 15.2 Å². The molecule has 14 heavy (non-hydrogen) atoms. The van der Waals surface area contributed by atoms with Gasteiger partial charge in [-0.3, -0.25) is 9.36 Å². The van der Waals surface area contributed by atoms with Crippen molar-refractivity contribution in [2.24, 2.45) is 5.73 Å². The molecule has 0 unspecified atom stereocenters. The molecule has 2 rings (SSSR count). The van der Waals surface area contributed by atoms with E-state index in [4.69, 9.17) is 5.73 Å². The molecule has 2 heterocycles. The topological polar surface area (TPSA) is 74.5 Å². The minimum Gasteiger partial charge on any atom is -0.324 e. The van der Waals surface area contributed by atoms with Gasteiger partial charge in [0, 0.05) is 12.4 Å². The molecule has 6 nitrogen and oxygen atoms in total. The summed E-state index contributed by atoms with van der Waals surface area (Å²) < 4.78 is 3.62. The van der Waals surface area contributed by atoms with Gasteiger partial charge in [-0.25, -0.2) is 4.98 Å². The molecule has 0 saturated heterocycles. The number of nitrogens with two attached hydrogens (primary N) is 1. The van der Waals surface area contributed by atoms with Gasteiger partial charge >= 0.3 is 0 Å². The number of hydrogen-bond acceptors (Lipinski definition) is 4. The van der Waals surface area contributed by atoms with Crippen molar-refractivity contribution >= 4 is 0 Å². The minimum atomic E-state index is 0.384. The molecule has 0 amide bonds. The second-order valence-corrected chi connectivity index (χ2v) is 2.90. The van der Waals surface area contributed by atoms with Gasteiger partial charge in [0.15, 0.2) is 5.82 Å². The molecule has 2 aromatic heterocycles. The van der Waals surface area contributed by atoms with Crippen LogP contribution < -0.4 is 5.73 Å². The zero-order chi connectivity index (χ0) is 9.80. The molecule has 0 aromatic carbocycles. The Morgan fingerprint density at radius 3 is 2.79 bits per heavy atom. The summed E-state index contributed by atoms with van der Waals surface area (Å²) in [6.07, 6.45) is 5.36. The highest BCUT2D eigenvalue weighted by atomic mass is 15.4. The van der Waals surface area contributed by atoms with Gasteiger partial charge < -0.3 is 5.73 Å². The van der Waals surface area contributed by atoms with Crippen molar-refractivity contribution in [3.8, 4) is 0 Å². The van der Waals surface area contributed by atoms with Gasteiger partial charge in [-0.15, -0.1) is 0 Å². The minimum absolute atomic E-state index is 0.384. The Labute approximate surface area is 81.4 Å². The molecule has 6 heteroatoms. The quantitative estimate of drug-likeness (QED) is 0.717. The van der Waals surface area contributed by atoms with E-state index in [-0.39, 0.29) is 0 Å². The van der Waals surface area contributed by atoms with Crippen LogP contribution in [-0.4, -0.2) is 24.5 Å². The summed E-state index contributed by atoms with van der Waals surface area (Å²) >= 11 is 0. The Morgan fingerprint density at radius 2 is 2.14 bits per heavy atom. The van der Waals surface area contributed by atoms with Gasteiger partial charge in [0.25, 0.3) is 0 Å². The first kappa shape index (κ1) is 8.89. The van der Waals surface area contributed by atoms with Gasteiger partial charge in [-0.1, -0.05) is 0 Å². The molecule has 0 aliphatic carbocycles. The average molecular weight is 192 g/mol. The number of hydrogen-bond donors (Lipinski definition) is 1. The van der Waals surface area contributed by atoms with E-state index >= 15 is 0 Å². The Hall–Kier alpha value is -1.69. The lowest BCUT2D eigenvalue weighted by Crippen LogP contribution is -2.09. The Morgan fingerprint density at radius 1 is 1.29 bits per heavy atom. The van der Waals surface area contributed by atoms with Crippen LogP contribution in [0.1, 0.15) is 5.82 Å². The van der Waals surface area contributed by atoms with Crippen molar-refractivity contribution in [2.75, 3.05) is 0 Å². The van der Waals surface area contributed by atoms with Crippen LogP contribution in [0.15, 0.2) is 24.8 Å². The molecule has 0 bridgehead atoms. The summed E-state index contributed by atoms with van der Waals surface area (Å²) in [5.41, 5.74) is 5.40. The second-order valence-electron chi connectivity index (χ2n) is 2.90. The first-order valence-electron chi connectivity index (χ1n) is 4.44. The molecule has 0 atom stereocenters. The van der Waals surface area contributed by atoms with E-state index in [1.807, 2.05) is 16.9 Å². The van der Waals surface area contributed by atoms with Gasteiger partial charge in [-0.05, 0) is 6.07 Å². The van der Waals surface area contributed by atoms with Crippen molar-refractivity contribution in [2.45, 2.75) is 19.6 Å². The normalized spacial score (nSPS) is 10.6. The first-order chi connectivity index (χ1) is 6.88. The Balaban J connectivity index is 1.92. The molecular weight excluding hydrogens is 180 g/mol. The third-order valence-corrected chi connectivity index (χ3v) is 1.88. The molecule has 0 saturated carbocycles. The predicted molar refractivity (Wildman–Crippen MR) is 50.1 cm³/mol. The predicted octanol–water partition coefficient (Wildman–Crippen LogP) is -0.367. The largest absolute Gasteiger partial charge is 0.324 e. The fourth-order valence-electron chi connectivity index (χ4n) is 1.17. The van der Waals surface area contributed by atoms with Crippen LogP contribution in [0.25, 0.3) is 0 Å². The maximum atomic E-state index is 5.40. The van der Waals surface area contributed by atoms with Crippen molar-refractivity contribution in [3.63, 3.8) is 0 Å². The van der Waals surface area contributed by atoms with Gasteiger partial charge in [-0.2, -0.15) is 10.2 Å². The van der Waals surface area contributed by atoms with E-state index in [1.54, 1.807) is 17.2 Å². The second kappa shape index (κ2) is 4.01. The average Bonchev–Trinajstić information content (AvgIpc) is 2.86. The number of nitrogens with zero attached hydrogens (tertiary/aromatic N) is 5. The van der Waals surface area contributed by atoms with E-state index in [0.717, 1.165) is 13.1 Å². The van der Waals surface area contributed by atoms with Crippen LogP contribution in [0, 0.1) is 0 Å². The van der Waals surface area contributed by atoms with Crippen LogP contribution in [0.3, 0.4) is 0 Å². The van der Waals surface area contributed by atoms with E-state index in [9.17, 15) is 0 Å². The van der Waals surface area contributed by atoms with Crippen LogP contribution in [0.2, 0.25) is 0 Å². The number of aryl methyl sites for hydroxylation is 2. The number of aromatic nitrogens is 5. The zero-order valence-electron chi connectivity index (χ0n) is 7.74. The fourth-order valence-corrected chi connectivity index (χ4v) is 1.17.